The molecule has 1 aliphatic carbocycles. The van der Waals surface area contributed by atoms with Gasteiger partial charge in [0.2, 0.25) is 10.0 Å². The monoisotopic (exact) mass is 241 g/mol. The lowest BCUT2D eigenvalue weighted by atomic mass is 10.2. The Hall–Kier alpha value is -1.23. The minimum Gasteiger partial charge on any atom is -0.490 e. The van der Waals surface area contributed by atoms with Crippen molar-refractivity contribution in [3.63, 3.8) is 0 Å². The molecule has 0 spiro atoms. The van der Waals surface area contributed by atoms with Crippen LogP contribution >= 0.6 is 0 Å². The summed E-state index contributed by atoms with van der Waals surface area (Å²) < 4.78 is 30.4. The molecular weight excluding hydrogens is 226 g/mol. The molecule has 1 fully saturated rings. The van der Waals surface area contributed by atoms with Gasteiger partial charge in [0, 0.05) is 6.07 Å². The molecule has 0 heterocycles. The lowest BCUT2D eigenvalue weighted by Gasteiger charge is -2.10. The van der Waals surface area contributed by atoms with Gasteiger partial charge in [0.25, 0.3) is 0 Å². The molecule has 16 heavy (non-hydrogen) atoms. The van der Waals surface area contributed by atoms with Crippen LogP contribution in [0.4, 0.5) is 5.69 Å². The van der Waals surface area contributed by atoms with Crippen LogP contribution in [0.15, 0.2) is 18.2 Å². The Morgan fingerprint density at radius 3 is 2.62 bits per heavy atom. The third kappa shape index (κ3) is 3.13. The molecule has 5 heteroatoms. The first-order valence-corrected chi connectivity index (χ1v) is 7.08. The number of anilines is 1. The SMILES string of the molecule is Cc1ccc(OC2CC2)cc1NS(C)(=O)=O. The van der Waals surface area contributed by atoms with E-state index in [0.717, 1.165) is 30.4 Å². The van der Waals surface area contributed by atoms with Crippen molar-refractivity contribution >= 4 is 15.7 Å². The van der Waals surface area contributed by atoms with E-state index in [1.54, 1.807) is 6.07 Å². The van der Waals surface area contributed by atoms with Gasteiger partial charge in [-0.05, 0) is 31.4 Å². The van der Waals surface area contributed by atoms with Crippen LogP contribution < -0.4 is 9.46 Å². The van der Waals surface area contributed by atoms with Gasteiger partial charge in [-0.25, -0.2) is 8.42 Å². The minimum absolute atomic E-state index is 0.314. The topological polar surface area (TPSA) is 55.4 Å². The van der Waals surface area contributed by atoms with E-state index in [2.05, 4.69) is 4.72 Å². The van der Waals surface area contributed by atoms with Gasteiger partial charge in [-0.3, -0.25) is 4.72 Å². The Morgan fingerprint density at radius 2 is 2.06 bits per heavy atom. The van der Waals surface area contributed by atoms with Gasteiger partial charge in [0.05, 0.1) is 18.0 Å². The molecule has 0 saturated heterocycles. The number of aryl methyl sites for hydroxylation is 1. The summed E-state index contributed by atoms with van der Waals surface area (Å²) in [7, 11) is -3.23. The summed E-state index contributed by atoms with van der Waals surface area (Å²) in [6, 6.07) is 5.45. The van der Waals surface area contributed by atoms with Crippen molar-refractivity contribution in [2.75, 3.05) is 11.0 Å². The van der Waals surface area contributed by atoms with Crippen LogP contribution in [-0.4, -0.2) is 20.8 Å². The molecule has 0 radical (unpaired) electrons. The molecule has 1 aliphatic rings. The maximum absolute atomic E-state index is 11.1. The van der Waals surface area contributed by atoms with Crippen molar-refractivity contribution in [3.05, 3.63) is 23.8 Å². The third-order valence-corrected chi connectivity index (χ3v) is 2.92. The molecule has 88 valence electrons. The largest absolute Gasteiger partial charge is 0.490 e. The first-order valence-electron chi connectivity index (χ1n) is 5.19. The van der Waals surface area contributed by atoms with Crippen molar-refractivity contribution in [2.24, 2.45) is 0 Å². The number of hydrogen-bond donors (Lipinski definition) is 1. The molecule has 1 saturated carbocycles. The number of hydrogen-bond acceptors (Lipinski definition) is 3. The predicted molar refractivity (Wildman–Crippen MR) is 63.3 cm³/mol. The second-order valence-corrected chi connectivity index (χ2v) is 5.92. The number of rotatable bonds is 4. The van der Waals surface area contributed by atoms with Crippen molar-refractivity contribution in [1.29, 1.82) is 0 Å². The van der Waals surface area contributed by atoms with Crippen molar-refractivity contribution in [1.82, 2.24) is 0 Å². The van der Waals surface area contributed by atoms with Crippen LogP contribution in [0, 0.1) is 6.92 Å². The van der Waals surface area contributed by atoms with Gasteiger partial charge < -0.3 is 4.74 Å². The van der Waals surface area contributed by atoms with E-state index >= 15 is 0 Å². The van der Waals surface area contributed by atoms with Gasteiger partial charge in [0.15, 0.2) is 0 Å². The van der Waals surface area contributed by atoms with Crippen LogP contribution in [0.5, 0.6) is 5.75 Å². The Labute approximate surface area is 95.7 Å². The quantitative estimate of drug-likeness (QED) is 0.876. The van der Waals surface area contributed by atoms with Crippen LogP contribution in [0.1, 0.15) is 18.4 Å². The van der Waals surface area contributed by atoms with Gasteiger partial charge in [-0.1, -0.05) is 6.07 Å². The summed E-state index contributed by atoms with van der Waals surface area (Å²) in [6.07, 6.45) is 3.63. The Balaban J connectivity index is 2.21. The number of ether oxygens (including phenoxy) is 1. The highest BCUT2D eigenvalue weighted by molar-refractivity contribution is 7.92. The Kier molecular flexibility index (Phi) is 2.80. The first-order chi connectivity index (χ1) is 7.44. The molecule has 0 amide bonds. The molecule has 0 aromatic heterocycles. The van der Waals surface area contributed by atoms with E-state index in [-0.39, 0.29) is 0 Å². The summed E-state index contributed by atoms with van der Waals surface area (Å²) in [6.45, 7) is 1.86. The summed E-state index contributed by atoms with van der Waals surface area (Å²) in [5, 5.41) is 0. The lowest BCUT2D eigenvalue weighted by Crippen LogP contribution is -2.10. The molecule has 1 aromatic rings. The zero-order valence-corrected chi connectivity index (χ0v) is 10.2. The Bertz CT molecular complexity index is 492. The fraction of sp³-hybridized carbons (Fsp3) is 0.455. The van der Waals surface area contributed by atoms with Crippen molar-refractivity contribution < 1.29 is 13.2 Å². The summed E-state index contributed by atoms with van der Waals surface area (Å²) in [5.74, 6) is 0.722. The van der Waals surface area contributed by atoms with Crippen LogP contribution in [0.25, 0.3) is 0 Å². The third-order valence-electron chi connectivity index (χ3n) is 2.33. The average Bonchev–Trinajstić information content (AvgIpc) is 2.92. The molecule has 1 aromatic carbocycles. The average molecular weight is 241 g/mol. The van der Waals surface area contributed by atoms with Crippen molar-refractivity contribution in [2.45, 2.75) is 25.9 Å². The van der Waals surface area contributed by atoms with E-state index < -0.39 is 10.0 Å². The van der Waals surface area contributed by atoms with E-state index in [4.69, 9.17) is 4.74 Å². The highest BCUT2D eigenvalue weighted by Gasteiger charge is 2.23. The van der Waals surface area contributed by atoms with E-state index in [1.165, 1.54) is 0 Å². The smallest absolute Gasteiger partial charge is 0.229 e. The molecule has 1 N–H and O–H groups in total. The van der Waals surface area contributed by atoms with Crippen LogP contribution in [0.2, 0.25) is 0 Å². The molecule has 4 nitrogen and oxygen atoms in total. The summed E-state index contributed by atoms with van der Waals surface area (Å²) in [4.78, 5) is 0. The lowest BCUT2D eigenvalue weighted by molar-refractivity contribution is 0.303. The molecule has 0 atom stereocenters. The second-order valence-electron chi connectivity index (χ2n) is 4.17. The van der Waals surface area contributed by atoms with Gasteiger partial charge in [0.1, 0.15) is 5.75 Å². The molecular formula is C11H15NO3S. The zero-order valence-electron chi connectivity index (χ0n) is 9.36. The van der Waals surface area contributed by atoms with E-state index in [1.807, 2.05) is 19.1 Å². The van der Waals surface area contributed by atoms with Gasteiger partial charge in [-0.2, -0.15) is 0 Å². The van der Waals surface area contributed by atoms with Crippen LogP contribution in [-0.2, 0) is 10.0 Å². The van der Waals surface area contributed by atoms with Crippen LogP contribution in [0.3, 0.4) is 0 Å². The maximum Gasteiger partial charge on any atom is 0.229 e. The highest BCUT2D eigenvalue weighted by atomic mass is 32.2. The maximum atomic E-state index is 11.1. The van der Waals surface area contributed by atoms with E-state index in [0.29, 0.717) is 11.8 Å². The highest BCUT2D eigenvalue weighted by Crippen LogP contribution is 2.29. The van der Waals surface area contributed by atoms with Gasteiger partial charge in [-0.15, -0.1) is 0 Å². The number of nitrogens with one attached hydrogen (secondary N) is 1. The normalized spacial score (nSPS) is 15.9. The summed E-state index contributed by atoms with van der Waals surface area (Å²) >= 11 is 0. The molecule has 0 unspecified atom stereocenters. The predicted octanol–water partition coefficient (Wildman–Crippen LogP) is 1.91. The molecule has 0 aliphatic heterocycles. The van der Waals surface area contributed by atoms with Crippen molar-refractivity contribution in [3.8, 4) is 5.75 Å². The number of benzene rings is 1. The number of sulfonamides is 1. The molecule has 2 rings (SSSR count). The zero-order chi connectivity index (χ0) is 11.8. The fourth-order valence-electron chi connectivity index (χ4n) is 1.36. The standard InChI is InChI=1S/C11H15NO3S/c1-8-3-4-10(15-9-5-6-9)7-11(8)12-16(2,13)14/h3-4,7,9,12H,5-6H2,1-2H3. The summed E-state index contributed by atoms with van der Waals surface area (Å²) in [5.41, 5.74) is 1.47. The Morgan fingerprint density at radius 1 is 1.38 bits per heavy atom. The first kappa shape index (κ1) is 11.3. The fourth-order valence-corrected chi connectivity index (χ4v) is 1.98. The van der Waals surface area contributed by atoms with E-state index in [9.17, 15) is 8.42 Å². The second kappa shape index (κ2) is 3.97. The minimum atomic E-state index is -3.23. The van der Waals surface area contributed by atoms with Gasteiger partial charge >= 0.3 is 0 Å². The molecule has 0 bridgehead atoms.